The highest BCUT2D eigenvalue weighted by molar-refractivity contribution is 5.94. The molecule has 0 atom stereocenters. The smallest absolute Gasteiger partial charge is 0.166 e. The van der Waals surface area contributed by atoms with E-state index in [4.69, 9.17) is 0 Å². The van der Waals surface area contributed by atoms with E-state index in [9.17, 15) is 0 Å². The predicted molar refractivity (Wildman–Crippen MR) is 87.3 cm³/mol. The van der Waals surface area contributed by atoms with Gasteiger partial charge in [0.15, 0.2) is 12.4 Å². The Morgan fingerprint density at radius 3 is 2.43 bits per heavy atom. The molecule has 1 heteroatoms. The van der Waals surface area contributed by atoms with Gasteiger partial charge in [-0.05, 0) is 29.5 Å². The summed E-state index contributed by atoms with van der Waals surface area (Å²) in [7, 11) is 0. The summed E-state index contributed by atoms with van der Waals surface area (Å²) in [5.74, 6) is 0. The number of benzene rings is 2. The van der Waals surface area contributed by atoms with Gasteiger partial charge in [0.1, 0.15) is 0 Å². The van der Waals surface area contributed by atoms with E-state index in [1.165, 1.54) is 33.0 Å². The topological polar surface area (TPSA) is 4.10 Å². The van der Waals surface area contributed by atoms with E-state index in [2.05, 4.69) is 90.4 Å². The second-order valence-corrected chi connectivity index (χ2v) is 5.43. The lowest BCUT2D eigenvalue weighted by atomic mass is 10.0. The van der Waals surface area contributed by atoms with Crippen molar-refractivity contribution >= 4 is 16.3 Å². The quantitative estimate of drug-likeness (QED) is 0.353. The van der Waals surface area contributed by atoms with Crippen LogP contribution in [0.5, 0.6) is 0 Å². The Kier molecular flexibility index (Phi) is 2.71. The van der Waals surface area contributed by atoms with Crippen molar-refractivity contribution in [2.45, 2.75) is 6.92 Å². The summed E-state index contributed by atoms with van der Waals surface area (Å²) in [5, 5.41) is 2.57. The lowest BCUT2D eigenvalue weighted by molar-refractivity contribution is -0.511. The Labute approximate surface area is 124 Å². The normalized spacial score (nSPS) is 11.1. The Bertz CT molecular complexity index is 940. The van der Waals surface area contributed by atoms with Gasteiger partial charge in [0.2, 0.25) is 5.52 Å². The highest BCUT2D eigenvalue weighted by Gasteiger charge is 2.12. The lowest BCUT2D eigenvalue weighted by Crippen LogP contribution is -2.21. The molecule has 0 fully saturated rings. The van der Waals surface area contributed by atoms with E-state index in [1.807, 2.05) is 0 Å². The summed E-state index contributed by atoms with van der Waals surface area (Å²) in [5.41, 5.74) is 5.10. The van der Waals surface area contributed by atoms with Crippen LogP contribution in [0.2, 0.25) is 0 Å². The van der Waals surface area contributed by atoms with Crippen molar-refractivity contribution in [3.8, 4) is 11.1 Å². The monoisotopic (exact) mass is 270 g/mol. The van der Waals surface area contributed by atoms with Gasteiger partial charge in [0.25, 0.3) is 0 Å². The van der Waals surface area contributed by atoms with Crippen LogP contribution in [0.4, 0.5) is 0 Å². The molecule has 0 saturated carbocycles. The van der Waals surface area contributed by atoms with Gasteiger partial charge in [-0.2, -0.15) is 4.40 Å². The van der Waals surface area contributed by atoms with Gasteiger partial charge in [0, 0.05) is 17.7 Å². The zero-order valence-electron chi connectivity index (χ0n) is 12.0. The molecule has 2 aromatic heterocycles. The third-order valence-corrected chi connectivity index (χ3v) is 4.05. The van der Waals surface area contributed by atoms with Gasteiger partial charge in [-0.25, -0.2) is 0 Å². The molecule has 100 valence electrons. The average Bonchev–Trinajstić information content (AvgIpc) is 2.55. The Balaban J connectivity index is 2.09. The maximum Gasteiger partial charge on any atom is 0.219 e. The number of hydrogen-bond acceptors (Lipinski definition) is 0. The molecule has 2 heterocycles. The zero-order chi connectivity index (χ0) is 14.2. The first-order chi connectivity index (χ1) is 10.3. The lowest BCUT2D eigenvalue weighted by Gasteiger charge is -2.06. The fraction of sp³-hybridized carbons (Fsp3) is 0.0500. The van der Waals surface area contributed by atoms with Crippen LogP contribution >= 0.6 is 0 Å². The minimum absolute atomic E-state index is 1.25. The van der Waals surface area contributed by atoms with E-state index in [0.29, 0.717) is 0 Å². The van der Waals surface area contributed by atoms with Crippen molar-refractivity contribution in [1.82, 2.24) is 0 Å². The summed E-state index contributed by atoms with van der Waals surface area (Å²) in [6.07, 6.45) is 4.35. The molecule has 0 aliphatic carbocycles. The second-order valence-electron chi connectivity index (χ2n) is 5.43. The molecule has 0 aliphatic rings. The number of rotatable bonds is 1. The summed E-state index contributed by atoms with van der Waals surface area (Å²) in [6, 6.07) is 23.6. The molecule has 0 bridgehead atoms. The van der Waals surface area contributed by atoms with Gasteiger partial charge in [0.05, 0.1) is 5.39 Å². The molecule has 0 radical (unpaired) electrons. The van der Waals surface area contributed by atoms with E-state index in [1.54, 1.807) is 0 Å². The number of hydrogen-bond donors (Lipinski definition) is 0. The van der Waals surface area contributed by atoms with Crippen LogP contribution in [0.3, 0.4) is 0 Å². The van der Waals surface area contributed by atoms with Crippen LogP contribution in [0.1, 0.15) is 5.56 Å². The van der Waals surface area contributed by atoms with Gasteiger partial charge >= 0.3 is 0 Å². The standard InChI is InChI=1S/C20H16N/c1-15-14-21-12-11-17-9-5-6-10-18(17)20(21)13-19(15)16-7-3-2-4-8-16/h2-14H,1H3/q+1. The van der Waals surface area contributed by atoms with Crippen molar-refractivity contribution < 1.29 is 4.40 Å². The summed E-state index contributed by atoms with van der Waals surface area (Å²) < 4.78 is 2.21. The van der Waals surface area contributed by atoms with Gasteiger partial charge < -0.3 is 0 Å². The number of nitrogens with zero attached hydrogens (tertiary/aromatic N) is 1. The Morgan fingerprint density at radius 2 is 1.57 bits per heavy atom. The molecule has 1 nitrogen and oxygen atoms in total. The highest BCUT2D eigenvalue weighted by atomic mass is 14.8. The number of aromatic nitrogens is 1. The molecule has 0 aliphatic heterocycles. The number of aryl methyl sites for hydroxylation is 1. The third-order valence-electron chi connectivity index (χ3n) is 4.05. The van der Waals surface area contributed by atoms with Crippen LogP contribution in [-0.2, 0) is 0 Å². The predicted octanol–water partition coefficient (Wildman–Crippen LogP) is 4.55. The van der Waals surface area contributed by atoms with Crippen molar-refractivity contribution in [2.24, 2.45) is 0 Å². The average molecular weight is 270 g/mol. The van der Waals surface area contributed by atoms with Crippen LogP contribution in [0.15, 0.2) is 79.1 Å². The van der Waals surface area contributed by atoms with Gasteiger partial charge in [-0.1, -0.05) is 48.5 Å². The van der Waals surface area contributed by atoms with Crippen molar-refractivity contribution in [1.29, 1.82) is 0 Å². The molecular weight excluding hydrogens is 254 g/mol. The van der Waals surface area contributed by atoms with Crippen molar-refractivity contribution in [3.05, 3.63) is 84.7 Å². The van der Waals surface area contributed by atoms with Crippen LogP contribution < -0.4 is 4.40 Å². The largest absolute Gasteiger partial charge is 0.219 e. The summed E-state index contributed by atoms with van der Waals surface area (Å²) in [4.78, 5) is 0. The number of pyridine rings is 2. The molecule has 0 spiro atoms. The first-order valence-electron chi connectivity index (χ1n) is 7.22. The van der Waals surface area contributed by atoms with Gasteiger partial charge in [-0.15, -0.1) is 0 Å². The molecule has 0 amide bonds. The first kappa shape index (κ1) is 12.1. The van der Waals surface area contributed by atoms with E-state index in [0.717, 1.165) is 0 Å². The molecule has 4 aromatic rings. The fourth-order valence-corrected chi connectivity index (χ4v) is 2.98. The SMILES string of the molecule is Cc1c[n+]2ccc3ccccc3c2cc1-c1ccccc1. The van der Waals surface area contributed by atoms with Crippen LogP contribution in [0, 0.1) is 6.92 Å². The maximum absolute atomic E-state index is 2.30. The first-order valence-corrected chi connectivity index (χ1v) is 7.22. The maximum atomic E-state index is 2.30. The molecule has 21 heavy (non-hydrogen) atoms. The molecule has 0 saturated heterocycles. The van der Waals surface area contributed by atoms with Crippen LogP contribution in [-0.4, -0.2) is 0 Å². The van der Waals surface area contributed by atoms with E-state index < -0.39 is 0 Å². The minimum Gasteiger partial charge on any atom is -0.166 e. The summed E-state index contributed by atoms with van der Waals surface area (Å²) in [6.45, 7) is 2.17. The van der Waals surface area contributed by atoms with Crippen LogP contribution in [0.25, 0.3) is 27.4 Å². The molecular formula is C20H16N+. The molecule has 2 aromatic carbocycles. The minimum atomic E-state index is 1.25. The second kappa shape index (κ2) is 4.71. The molecule has 0 N–H and O–H groups in total. The fourth-order valence-electron chi connectivity index (χ4n) is 2.98. The number of fused-ring (bicyclic) bond motifs is 3. The zero-order valence-corrected chi connectivity index (χ0v) is 12.0. The van der Waals surface area contributed by atoms with Crippen molar-refractivity contribution in [3.63, 3.8) is 0 Å². The Morgan fingerprint density at radius 1 is 0.810 bits per heavy atom. The van der Waals surface area contributed by atoms with Crippen molar-refractivity contribution in [2.75, 3.05) is 0 Å². The van der Waals surface area contributed by atoms with E-state index >= 15 is 0 Å². The molecule has 0 unspecified atom stereocenters. The Hall–Kier alpha value is -2.67. The highest BCUT2D eigenvalue weighted by Crippen LogP contribution is 2.25. The third kappa shape index (κ3) is 1.98. The van der Waals surface area contributed by atoms with E-state index in [-0.39, 0.29) is 0 Å². The summed E-state index contributed by atoms with van der Waals surface area (Å²) >= 11 is 0. The van der Waals surface area contributed by atoms with Gasteiger partial charge in [-0.3, -0.25) is 0 Å². The molecule has 4 rings (SSSR count).